The first-order valence-electron chi connectivity index (χ1n) is 11.5. The summed E-state index contributed by atoms with van der Waals surface area (Å²) in [5.74, 6) is 2.93. The number of nitrogens with zero attached hydrogens (tertiary/aromatic N) is 1. The molecule has 162 valence electrons. The highest BCUT2D eigenvalue weighted by molar-refractivity contribution is 5.01. The van der Waals surface area contributed by atoms with Crippen molar-refractivity contribution in [1.82, 2.24) is 4.90 Å². The summed E-state index contributed by atoms with van der Waals surface area (Å²) < 4.78 is 6.13. The number of hydrogen-bond donors (Lipinski definition) is 4. The van der Waals surface area contributed by atoms with Gasteiger partial charge < -0.3 is 25.2 Å². The summed E-state index contributed by atoms with van der Waals surface area (Å²) in [6.45, 7) is 2.56. The Morgan fingerprint density at radius 2 is 1.50 bits per heavy atom. The van der Waals surface area contributed by atoms with E-state index in [9.17, 15) is 20.4 Å². The molecule has 6 nitrogen and oxygen atoms in total. The van der Waals surface area contributed by atoms with E-state index >= 15 is 0 Å². The lowest BCUT2D eigenvalue weighted by atomic mass is 9.50. The molecule has 0 aromatic rings. The van der Waals surface area contributed by atoms with Crippen LogP contribution in [0.3, 0.4) is 0 Å². The van der Waals surface area contributed by atoms with Crippen molar-refractivity contribution in [2.75, 3.05) is 32.9 Å². The normalized spacial score (nSPS) is 45.6. The lowest BCUT2D eigenvalue weighted by Crippen LogP contribution is -2.62. The van der Waals surface area contributed by atoms with Crippen molar-refractivity contribution >= 4 is 0 Å². The summed E-state index contributed by atoms with van der Waals surface area (Å²) >= 11 is 0. The molecule has 0 radical (unpaired) electrons. The fraction of sp³-hybridized carbons (Fsp3) is 1.00. The van der Waals surface area contributed by atoms with Gasteiger partial charge in [-0.05, 0) is 87.5 Å². The SMILES string of the molecule is OC[C@H]1[C@@H](O)[C@@H](O)[C@@H](O)CN1CCCCCOCC12CC3CC(CC(C3)C1)C2. The maximum Gasteiger partial charge on any atom is 0.109 e. The summed E-state index contributed by atoms with van der Waals surface area (Å²) in [6, 6.07) is -0.495. The van der Waals surface area contributed by atoms with Crippen molar-refractivity contribution in [3.63, 3.8) is 0 Å². The summed E-state index contributed by atoms with van der Waals surface area (Å²) in [6.07, 6.45) is 8.38. The minimum atomic E-state index is -1.17. The number of likely N-dealkylation sites (tertiary alicyclic amines) is 1. The molecular formula is C22H39NO5. The largest absolute Gasteiger partial charge is 0.395 e. The molecule has 4 saturated carbocycles. The molecule has 4 bridgehead atoms. The first-order valence-corrected chi connectivity index (χ1v) is 11.5. The second kappa shape index (κ2) is 8.86. The molecule has 5 fully saturated rings. The van der Waals surface area contributed by atoms with Crippen LogP contribution in [0.4, 0.5) is 0 Å². The number of rotatable bonds is 9. The number of aliphatic hydroxyl groups excluding tert-OH is 4. The van der Waals surface area contributed by atoms with E-state index in [4.69, 9.17) is 4.74 Å². The summed E-state index contributed by atoms with van der Waals surface area (Å²) in [4.78, 5) is 1.90. The van der Waals surface area contributed by atoms with Crippen molar-refractivity contribution in [2.45, 2.75) is 82.1 Å². The number of piperidine rings is 1. The van der Waals surface area contributed by atoms with Gasteiger partial charge in [0.25, 0.3) is 0 Å². The van der Waals surface area contributed by atoms with E-state index in [0.717, 1.165) is 50.2 Å². The molecule has 1 aliphatic heterocycles. The fourth-order valence-electron chi connectivity index (χ4n) is 7.09. The molecule has 0 aromatic heterocycles. The van der Waals surface area contributed by atoms with Crippen molar-refractivity contribution in [1.29, 1.82) is 0 Å². The minimum absolute atomic E-state index is 0.209. The summed E-state index contributed by atoms with van der Waals surface area (Å²) in [5.41, 5.74) is 0.490. The van der Waals surface area contributed by atoms with Crippen LogP contribution in [0.15, 0.2) is 0 Å². The van der Waals surface area contributed by atoms with Crippen LogP contribution >= 0.6 is 0 Å². The first kappa shape index (κ1) is 21.0. The van der Waals surface area contributed by atoms with Crippen LogP contribution in [-0.2, 0) is 4.74 Å². The second-order valence-corrected chi connectivity index (χ2v) is 10.3. The van der Waals surface area contributed by atoms with E-state index in [0.29, 0.717) is 18.5 Å². The molecule has 4 aliphatic carbocycles. The van der Waals surface area contributed by atoms with Gasteiger partial charge in [0.1, 0.15) is 12.2 Å². The average Bonchev–Trinajstić information content (AvgIpc) is 2.64. The van der Waals surface area contributed by atoms with Gasteiger partial charge in [-0.2, -0.15) is 0 Å². The highest BCUT2D eigenvalue weighted by Gasteiger charge is 2.50. The zero-order chi connectivity index (χ0) is 19.7. The summed E-state index contributed by atoms with van der Waals surface area (Å²) in [5, 5.41) is 39.2. The van der Waals surface area contributed by atoms with Gasteiger partial charge in [0, 0.05) is 13.2 Å². The Hall–Kier alpha value is -0.240. The van der Waals surface area contributed by atoms with E-state index < -0.39 is 24.4 Å². The highest BCUT2D eigenvalue weighted by Crippen LogP contribution is 2.60. The molecule has 5 aliphatic rings. The van der Waals surface area contributed by atoms with Crippen molar-refractivity contribution < 1.29 is 25.2 Å². The summed E-state index contributed by atoms with van der Waals surface area (Å²) in [7, 11) is 0. The Bertz CT molecular complexity index is 480. The zero-order valence-corrected chi connectivity index (χ0v) is 17.1. The maximum atomic E-state index is 10.0. The number of unbranched alkanes of at least 4 members (excludes halogenated alkanes) is 2. The van der Waals surface area contributed by atoms with Gasteiger partial charge in [-0.3, -0.25) is 4.90 Å². The average molecular weight is 398 g/mol. The van der Waals surface area contributed by atoms with Gasteiger partial charge in [0.2, 0.25) is 0 Å². The van der Waals surface area contributed by atoms with Crippen molar-refractivity contribution in [2.24, 2.45) is 23.2 Å². The molecule has 6 heteroatoms. The Morgan fingerprint density at radius 1 is 0.857 bits per heavy atom. The molecule has 4 N–H and O–H groups in total. The van der Waals surface area contributed by atoms with E-state index in [2.05, 4.69) is 0 Å². The molecule has 4 atom stereocenters. The predicted molar refractivity (Wildman–Crippen MR) is 106 cm³/mol. The Balaban J connectivity index is 1.11. The third-order valence-electron chi connectivity index (χ3n) is 8.02. The third kappa shape index (κ3) is 4.42. The quantitative estimate of drug-likeness (QED) is 0.436. The van der Waals surface area contributed by atoms with Crippen LogP contribution in [0, 0.1) is 23.2 Å². The van der Waals surface area contributed by atoms with E-state index in [-0.39, 0.29) is 6.61 Å². The highest BCUT2D eigenvalue weighted by atomic mass is 16.5. The zero-order valence-electron chi connectivity index (χ0n) is 17.1. The third-order valence-corrected chi connectivity index (χ3v) is 8.02. The molecule has 0 spiro atoms. The van der Waals surface area contributed by atoms with Crippen LogP contribution in [0.2, 0.25) is 0 Å². The van der Waals surface area contributed by atoms with Crippen LogP contribution in [0.1, 0.15) is 57.8 Å². The monoisotopic (exact) mass is 397 g/mol. The van der Waals surface area contributed by atoms with E-state index in [1.807, 2.05) is 4.90 Å². The predicted octanol–water partition coefficient (Wildman–Crippen LogP) is 1.15. The van der Waals surface area contributed by atoms with E-state index in [1.165, 1.54) is 38.5 Å². The molecule has 1 saturated heterocycles. The Kier molecular flexibility index (Phi) is 6.65. The molecule has 0 aromatic carbocycles. The van der Waals surface area contributed by atoms with Gasteiger partial charge in [0.15, 0.2) is 0 Å². The molecule has 5 rings (SSSR count). The molecule has 0 unspecified atom stereocenters. The standard InChI is InChI=1S/C22H39NO5/c24-13-18-20(26)21(27)19(25)12-23(18)4-2-1-3-5-28-14-22-9-15-6-16(10-22)8-17(7-15)11-22/h15-21,24-27H,1-14H2/t15?,16?,17?,18-,19-,20+,21-,22?/m0/s1. The van der Waals surface area contributed by atoms with Crippen LogP contribution in [-0.4, -0.2) is 82.6 Å². The lowest BCUT2D eigenvalue weighted by Gasteiger charge is -2.56. The van der Waals surface area contributed by atoms with Crippen LogP contribution in [0.25, 0.3) is 0 Å². The minimum Gasteiger partial charge on any atom is -0.395 e. The van der Waals surface area contributed by atoms with Crippen LogP contribution in [0.5, 0.6) is 0 Å². The van der Waals surface area contributed by atoms with Gasteiger partial charge in [0.05, 0.1) is 25.4 Å². The molecule has 0 amide bonds. The number of hydrogen-bond acceptors (Lipinski definition) is 6. The lowest BCUT2D eigenvalue weighted by molar-refractivity contribution is -0.145. The van der Waals surface area contributed by atoms with E-state index in [1.54, 1.807) is 0 Å². The smallest absolute Gasteiger partial charge is 0.109 e. The Labute approximate surface area is 168 Å². The Morgan fingerprint density at radius 3 is 2.11 bits per heavy atom. The molecule has 28 heavy (non-hydrogen) atoms. The van der Waals surface area contributed by atoms with Gasteiger partial charge in [-0.25, -0.2) is 0 Å². The van der Waals surface area contributed by atoms with Gasteiger partial charge >= 0.3 is 0 Å². The van der Waals surface area contributed by atoms with Gasteiger partial charge in [-0.1, -0.05) is 0 Å². The van der Waals surface area contributed by atoms with Crippen molar-refractivity contribution in [3.05, 3.63) is 0 Å². The number of ether oxygens (including phenoxy) is 1. The fourth-order valence-corrected chi connectivity index (χ4v) is 7.09. The number of β-amino-alcohol motifs (C(OH)–C–C–N with tert-alkyl or cyclic N) is 1. The first-order chi connectivity index (χ1) is 13.5. The molecular weight excluding hydrogens is 358 g/mol. The van der Waals surface area contributed by atoms with Gasteiger partial charge in [-0.15, -0.1) is 0 Å². The van der Waals surface area contributed by atoms with Crippen molar-refractivity contribution in [3.8, 4) is 0 Å². The van der Waals surface area contributed by atoms with Crippen LogP contribution < -0.4 is 0 Å². The maximum absolute atomic E-state index is 10.0. The second-order valence-electron chi connectivity index (χ2n) is 10.3. The molecule has 1 heterocycles. The topological polar surface area (TPSA) is 93.4 Å². The number of aliphatic hydroxyl groups is 4.